The summed E-state index contributed by atoms with van der Waals surface area (Å²) in [5, 5.41) is 13.3. The van der Waals surface area contributed by atoms with Crippen LogP contribution in [0.4, 0.5) is 10.8 Å². The van der Waals surface area contributed by atoms with E-state index in [9.17, 15) is 31.7 Å². The van der Waals surface area contributed by atoms with E-state index >= 15 is 0 Å². The first-order chi connectivity index (χ1) is 17.0. The number of nitro groups is 1. The molecule has 11 nitrogen and oxygen atoms in total. The molecule has 190 valence electrons. The first-order valence-corrected chi connectivity index (χ1v) is 14.6. The highest BCUT2D eigenvalue weighted by Crippen LogP contribution is 2.30. The Morgan fingerprint density at radius 3 is 2.31 bits per heavy atom. The van der Waals surface area contributed by atoms with Gasteiger partial charge in [0, 0.05) is 30.3 Å². The smallest absolute Gasteiger partial charge is 0.269 e. The number of benzene rings is 2. The SMILES string of the molecule is CC1CCCCN1S(=O)(=O)c1ccc(C(=O)Nc2ncc(S(=O)(=O)c3ccc([N+](=O)[O-])cc3)s2)cc1. The van der Waals surface area contributed by atoms with Gasteiger partial charge in [-0.2, -0.15) is 4.31 Å². The molecule has 1 N–H and O–H groups in total. The second-order valence-corrected chi connectivity index (χ2v) is 13.3. The van der Waals surface area contributed by atoms with Gasteiger partial charge in [-0.15, -0.1) is 0 Å². The van der Waals surface area contributed by atoms with Gasteiger partial charge in [-0.1, -0.05) is 17.8 Å². The predicted molar refractivity (Wildman–Crippen MR) is 132 cm³/mol. The predicted octanol–water partition coefficient (Wildman–Crippen LogP) is 3.70. The second kappa shape index (κ2) is 10.0. The van der Waals surface area contributed by atoms with Gasteiger partial charge in [0.2, 0.25) is 19.9 Å². The van der Waals surface area contributed by atoms with Crippen molar-refractivity contribution in [3.05, 3.63) is 70.4 Å². The summed E-state index contributed by atoms with van der Waals surface area (Å²) < 4.78 is 52.8. The molecular formula is C22H22N4O7S3. The summed E-state index contributed by atoms with van der Waals surface area (Å²) in [5.74, 6) is -0.584. The highest BCUT2D eigenvalue weighted by molar-refractivity contribution is 7.93. The summed E-state index contributed by atoms with van der Waals surface area (Å²) in [7, 11) is -7.66. The van der Waals surface area contributed by atoms with E-state index in [1.807, 2.05) is 6.92 Å². The zero-order valence-electron chi connectivity index (χ0n) is 19.0. The summed E-state index contributed by atoms with van der Waals surface area (Å²) in [6, 6.07) is 9.87. The Labute approximate surface area is 211 Å². The van der Waals surface area contributed by atoms with Gasteiger partial charge in [-0.05, 0) is 56.2 Å². The normalized spacial score (nSPS) is 17.0. The summed E-state index contributed by atoms with van der Waals surface area (Å²) in [4.78, 5) is 26.7. The molecule has 1 amide bonds. The molecule has 1 atom stereocenters. The molecule has 14 heteroatoms. The van der Waals surface area contributed by atoms with Crippen LogP contribution in [0.3, 0.4) is 0 Å². The van der Waals surface area contributed by atoms with Crippen LogP contribution >= 0.6 is 11.3 Å². The molecule has 1 unspecified atom stereocenters. The quantitative estimate of drug-likeness (QED) is 0.345. The van der Waals surface area contributed by atoms with Crippen molar-refractivity contribution in [2.75, 3.05) is 11.9 Å². The van der Waals surface area contributed by atoms with Gasteiger partial charge in [-0.25, -0.2) is 21.8 Å². The molecule has 2 heterocycles. The molecular weight excluding hydrogens is 528 g/mol. The zero-order chi connectivity index (χ0) is 26.1. The molecule has 0 saturated carbocycles. The number of nitro benzene ring substituents is 1. The third-order valence-electron chi connectivity index (χ3n) is 5.79. The van der Waals surface area contributed by atoms with Crippen LogP contribution in [0, 0.1) is 10.1 Å². The fraction of sp³-hybridized carbons (Fsp3) is 0.273. The minimum Gasteiger partial charge on any atom is -0.298 e. The molecule has 1 fully saturated rings. The maximum absolute atomic E-state index is 13.0. The number of non-ortho nitro benzene ring substituents is 1. The van der Waals surface area contributed by atoms with Crippen molar-refractivity contribution in [2.45, 2.75) is 46.2 Å². The number of sulfonamides is 1. The van der Waals surface area contributed by atoms with Gasteiger partial charge in [-0.3, -0.25) is 20.2 Å². The Hall–Kier alpha value is -3.20. The average Bonchev–Trinajstić information content (AvgIpc) is 3.33. The Morgan fingerprint density at radius 1 is 1.06 bits per heavy atom. The maximum atomic E-state index is 13.0. The molecule has 0 radical (unpaired) electrons. The van der Waals surface area contributed by atoms with Crippen molar-refractivity contribution >= 4 is 47.9 Å². The lowest BCUT2D eigenvalue weighted by atomic mass is 10.1. The lowest BCUT2D eigenvalue weighted by Gasteiger charge is -2.32. The number of nitrogens with one attached hydrogen (secondary N) is 1. The van der Waals surface area contributed by atoms with E-state index in [4.69, 9.17) is 0 Å². The van der Waals surface area contributed by atoms with Crippen LogP contribution in [0.2, 0.25) is 0 Å². The molecule has 0 bridgehead atoms. The zero-order valence-corrected chi connectivity index (χ0v) is 21.5. The summed E-state index contributed by atoms with van der Waals surface area (Å²) in [6.45, 7) is 2.34. The lowest BCUT2D eigenvalue weighted by molar-refractivity contribution is -0.384. The molecule has 2 aromatic carbocycles. The molecule has 1 aliphatic rings. The van der Waals surface area contributed by atoms with Crippen LogP contribution in [0.25, 0.3) is 0 Å². The number of carbonyl (C=O) groups excluding carboxylic acids is 1. The van der Waals surface area contributed by atoms with E-state index in [1.165, 1.54) is 28.6 Å². The molecule has 1 aromatic heterocycles. The third kappa shape index (κ3) is 5.16. The van der Waals surface area contributed by atoms with E-state index in [-0.39, 0.29) is 36.4 Å². The summed E-state index contributed by atoms with van der Waals surface area (Å²) in [5.41, 5.74) is -0.0638. The first-order valence-electron chi connectivity index (χ1n) is 10.9. The van der Waals surface area contributed by atoms with Gasteiger partial charge < -0.3 is 0 Å². The Kier molecular flexibility index (Phi) is 7.22. The lowest BCUT2D eigenvalue weighted by Crippen LogP contribution is -2.41. The van der Waals surface area contributed by atoms with Crippen molar-refractivity contribution in [1.82, 2.24) is 9.29 Å². The van der Waals surface area contributed by atoms with Crippen molar-refractivity contribution in [2.24, 2.45) is 0 Å². The van der Waals surface area contributed by atoms with Gasteiger partial charge in [0.05, 0.1) is 20.9 Å². The number of sulfone groups is 1. The monoisotopic (exact) mass is 550 g/mol. The molecule has 1 saturated heterocycles. The number of rotatable bonds is 7. The number of carbonyl (C=O) groups is 1. The van der Waals surface area contributed by atoms with Crippen LogP contribution in [0.1, 0.15) is 36.5 Å². The van der Waals surface area contributed by atoms with E-state index in [1.54, 1.807) is 0 Å². The number of aromatic nitrogens is 1. The topological polar surface area (TPSA) is 157 Å². The Balaban J connectivity index is 1.47. The van der Waals surface area contributed by atoms with E-state index in [0.29, 0.717) is 6.54 Å². The number of hydrogen-bond acceptors (Lipinski definition) is 9. The van der Waals surface area contributed by atoms with Crippen LogP contribution in [-0.4, -0.2) is 49.5 Å². The molecule has 3 aromatic rings. The number of piperidine rings is 1. The van der Waals surface area contributed by atoms with Crippen molar-refractivity contribution in [3.63, 3.8) is 0 Å². The number of anilines is 1. The average molecular weight is 551 g/mol. The fourth-order valence-electron chi connectivity index (χ4n) is 3.82. The molecule has 36 heavy (non-hydrogen) atoms. The minimum absolute atomic E-state index is 0.0272. The largest absolute Gasteiger partial charge is 0.298 e. The van der Waals surface area contributed by atoms with Crippen LogP contribution in [0.5, 0.6) is 0 Å². The van der Waals surface area contributed by atoms with Crippen molar-refractivity contribution < 1.29 is 26.6 Å². The Bertz CT molecular complexity index is 1500. The first kappa shape index (κ1) is 25.9. The summed E-state index contributed by atoms with van der Waals surface area (Å²) in [6.07, 6.45) is 3.68. The van der Waals surface area contributed by atoms with Gasteiger partial charge in [0.25, 0.3) is 11.6 Å². The van der Waals surface area contributed by atoms with Crippen LogP contribution in [0.15, 0.2) is 68.7 Å². The van der Waals surface area contributed by atoms with Gasteiger partial charge in [0.15, 0.2) is 5.13 Å². The van der Waals surface area contributed by atoms with Crippen LogP contribution in [-0.2, 0) is 19.9 Å². The summed E-state index contributed by atoms with van der Waals surface area (Å²) >= 11 is 0.727. The van der Waals surface area contributed by atoms with Gasteiger partial charge in [0.1, 0.15) is 4.21 Å². The van der Waals surface area contributed by atoms with Crippen molar-refractivity contribution in [3.8, 4) is 0 Å². The molecule has 4 rings (SSSR count). The fourth-order valence-corrected chi connectivity index (χ4v) is 7.94. The minimum atomic E-state index is -3.99. The standard InChI is InChI=1S/C22H22N4O7S3/c1-15-4-2-3-13-25(15)36(32,33)19-9-5-16(6-10-19)21(27)24-22-23-14-20(34-22)35(30,31)18-11-7-17(8-12-18)26(28)29/h5-12,14-15H,2-4,13H2,1H3,(H,23,24,27). The van der Waals surface area contributed by atoms with Crippen molar-refractivity contribution in [1.29, 1.82) is 0 Å². The number of amides is 1. The highest BCUT2D eigenvalue weighted by atomic mass is 32.2. The van der Waals surface area contributed by atoms with E-state index < -0.39 is 30.7 Å². The third-order valence-corrected chi connectivity index (χ3v) is 11.0. The molecule has 0 spiro atoms. The number of thiazole rings is 1. The van der Waals surface area contributed by atoms with Gasteiger partial charge >= 0.3 is 0 Å². The second-order valence-electron chi connectivity index (χ2n) is 8.18. The molecule has 0 aliphatic carbocycles. The number of hydrogen-bond donors (Lipinski definition) is 1. The Morgan fingerprint density at radius 2 is 1.69 bits per heavy atom. The van der Waals surface area contributed by atoms with E-state index in [2.05, 4.69) is 10.3 Å². The molecule has 1 aliphatic heterocycles. The highest BCUT2D eigenvalue weighted by Gasteiger charge is 2.31. The van der Waals surface area contributed by atoms with E-state index in [0.717, 1.165) is 61.1 Å². The van der Waals surface area contributed by atoms with Crippen LogP contribution < -0.4 is 5.32 Å². The number of nitrogens with zero attached hydrogens (tertiary/aromatic N) is 3. The maximum Gasteiger partial charge on any atom is 0.269 e.